The number of carbonyl (C=O) groups is 1. The van der Waals surface area contributed by atoms with Crippen molar-refractivity contribution in [3.8, 4) is 11.4 Å². The van der Waals surface area contributed by atoms with Gasteiger partial charge in [-0.15, -0.1) is 10.2 Å². The van der Waals surface area contributed by atoms with Crippen LogP contribution in [0.4, 0.5) is 4.39 Å². The first-order chi connectivity index (χ1) is 14.4. The predicted molar refractivity (Wildman–Crippen MR) is 119 cm³/mol. The van der Waals surface area contributed by atoms with Crippen molar-refractivity contribution in [2.24, 2.45) is 0 Å². The average molecular weight is 427 g/mol. The summed E-state index contributed by atoms with van der Waals surface area (Å²) in [6.45, 7) is 7.16. The summed E-state index contributed by atoms with van der Waals surface area (Å²) in [6.07, 6.45) is 0.937. The number of carbonyl (C=O) groups excluding carboxylic acids is 1. The molecule has 158 valence electrons. The van der Waals surface area contributed by atoms with Crippen molar-refractivity contribution < 1.29 is 9.18 Å². The first kappa shape index (κ1) is 22.0. The van der Waals surface area contributed by atoms with Gasteiger partial charge in [-0.05, 0) is 44.0 Å². The van der Waals surface area contributed by atoms with E-state index in [1.54, 1.807) is 18.0 Å². The lowest BCUT2D eigenvalue weighted by atomic mass is 10.1. The van der Waals surface area contributed by atoms with Gasteiger partial charge in [0.2, 0.25) is 5.91 Å². The molecular weight excluding hydrogens is 399 g/mol. The lowest BCUT2D eigenvalue weighted by molar-refractivity contribution is -0.129. The number of hydrogen-bond acceptors (Lipinski definition) is 4. The van der Waals surface area contributed by atoms with Gasteiger partial charge in [-0.25, -0.2) is 4.39 Å². The second kappa shape index (κ2) is 9.89. The smallest absolute Gasteiger partial charge is 0.235 e. The summed E-state index contributed by atoms with van der Waals surface area (Å²) >= 11 is 1.40. The molecule has 0 radical (unpaired) electrons. The van der Waals surface area contributed by atoms with E-state index in [1.807, 2.05) is 25.1 Å². The second-order valence-corrected chi connectivity index (χ2v) is 8.72. The topological polar surface area (TPSA) is 51.0 Å². The fraction of sp³-hybridized carbons (Fsp3) is 0.348. The molecule has 0 saturated carbocycles. The van der Waals surface area contributed by atoms with Crippen molar-refractivity contribution >= 4 is 17.7 Å². The van der Waals surface area contributed by atoms with Crippen LogP contribution in [0.15, 0.2) is 53.7 Å². The van der Waals surface area contributed by atoms with E-state index in [9.17, 15) is 9.18 Å². The van der Waals surface area contributed by atoms with Crippen LogP contribution in [0.2, 0.25) is 0 Å². The van der Waals surface area contributed by atoms with Crippen molar-refractivity contribution in [1.29, 1.82) is 0 Å². The van der Waals surface area contributed by atoms with E-state index in [4.69, 9.17) is 0 Å². The van der Waals surface area contributed by atoms with E-state index in [0.717, 1.165) is 40.6 Å². The Bertz CT molecular complexity index is 1020. The molecule has 1 amide bonds. The first-order valence-corrected chi connectivity index (χ1v) is 10.9. The van der Waals surface area contributed by atoms with E-state index in [0.29, 0.717) is 6.54 Å². The maximum absolute atomic E-state index is 13.4. The lowest BCUT2D eigenvalue weighted by Gasteiger charge is -2.21. The number of hydrogen-bond donors (Lipinski definition) is 0. The van der Waals surface area contributed by atoms with Crippen molar-refractivity contribution in [2.45, 2.75) is 50.7 Å². The number of thioether (sulfide) groups is 1. The van der Waals surface area contributed by atoms with Crippen LogP contribution in [0.5, 0.6) is 0 Å². The summed E-state index contributed by atoms with van der Waals surface area (Å²) in [5.74, 6) is 0.482. The molecular formula is C23H27FN4OS. The van der Waals surface area contributed by atoms with E-state index in [2.05, 4.69) is 40.7 Å². The monoisotopic (exact) mass is 426 g/mol. The molecule has 3 rings (SSSR count). The molecule has 0 aliphatic heterocycles. The summed E-state index contributed by atoms with van der Waals surface area (Å²) in [6, 6.07) is 14.5. The molecule has 0 bridgehead atoms. The summed E-state index contributed by atoms with van der Waals surface area (Å²) in [7, 11) is 1.74. The van der Waals surface area contributed by atoms with Crippen LogP contribution >= 0.6 is 11.8 Å². The highest BCUT2D eigenvalue weighted by Crippen LogP contribution is 2.28. The molecule has 1 aromatic heterocycles. The van der Waals surface area contributed by atoms with Gasteiger partial charge in [-0.2, -0.15) is 0 Å². The molecule has 7 heteroatoms. The number of aromatic nitrogens is 3. The van der Waals surface area contributed by atoms with Crippen molar-refractivity contribution in [2.75, 3.05) is 7.05 Å². The number of nitrogens with zero attached hydrogens (tertiary/aromatic N) is 4. The Hall–Kier alpha value is -2.67. The van der Waals surface area contributed by atoms with Crippen LogP contribution in [-0.2, 0) is 17.9 Å². The highest BCUT2D eigenvalue weighted by Gasteiger charge is 2.23. The van der Waals surface area contributed by atoms with Crippen LogP contribution in [-0.4, -0.2) is 37.9 Å². The minimum absolute atomic E-state index is 0.0348. The molecule has 2 aromatic carbocycles. The first-order valence-electron chi connectivity index (χ1n) is 10.1. The summed E-state index contributed by atoms with van der Waals surface area (Å²) in [5, 5.41) is 9.17. The zero-order chi connectivity index (χ0) is 21.7. The highest BCUT2D eigenvalue weighted by atomic mass is 32.2. The van der Waals surface area contributed by atoms with E-state index >= 15 is 0 Å². The number of benzene rings is 2. The predicted octanol–water partition coefficient (Wildman–Crippen LogP) is 4.94. The number of rotatable bonds is 8. The van der Waals surface area contributed by atoms with Gasteiger partial charge < -0.3 is 9.47 Å². The third-order valence-electron chi connectivity index (χ3n) is 4.76. The number of halogens is 1. The Labute approximate surface area is 181 Å². The molecule has 0 aliphatic carbocycles. The third kappa shape index (κ3) is 5.27. The molecule has 1 heterocycles. The molecule has 30 heavy (non-hydrogen) atoms. The minimum Gasteiger partial charge on any atom is -0.340 e. The number of amides is 1. The van der Waals surface area contributed by atoms with Gasteiger partial charge in [-0.1, -0.05) is 54.6 Å². The van der Waals surface area contributed by atoms with Gasteiger partial charge >= 0.3 is 0 Å². The highest BCUT2D eigenvalue weighted by molar-refractivity contribution is 8.00. The Kier molecular flexibility index (Phi) is 7.26. The van der Waals surface area contributed by atoms with Crippen LogP contribution in [0.3, 0.4) is 0 Å². The van der Waals surface area contributed by atoms with Crippen molar-refractivity contribution in [1.82, 2.24) is 19.7 Å². The van der Waals surface area contributed by atoms with E-state index < -0.39 is 0 Å². The van der Waals surface area contributed by atoms with Gasteiger partial charge in [0.15, 0.2) is 11.0 Å². The Morgan fingerprint density at radius 3 is 2.67 bits per heavy atom. The van der Waals surface area contributed by atoms with Gasteiger partial charge in [0, 0.05) is 25.7 Å². The van der Waals surface area contributed by atoms with E-state index in [-0.39, 0.29) is 17.0 Å². The fourth-order valence-corrected chi connectivity index (χ4v) is 4.29. The third-order valence-corrected chi connectivity index (χ3v) is 5.82. The SMILES string of the molecule is CCCn1c(SC(C)C(=O)N(C)Cc2cccc(F)c2)nnc1-c1cccc(C)c1. The summed E-state index contributed by atoms with van der Waals surface area (Å²) < 4.78 is 15.5. The quantitative estimate of drug-likeness (QED) is 0.479. The number of aryl methyl sites for hydroxylation is 1. The minimum atomic E-state index is -0.339. The van der Waals surface area contributed by atoms with Crippen LogP contribution in [0.1, 0.15) is 31.4 Å². The molecule has 0 saturated heterocycles. The summed E-state index contributed by atoms with van der Waals surface area (Å²) in [5.41, 5.74) is 2.94. The molecule has 3 aromatic rings. The maximum atomic E-state index is 13.4. The van der Waals surface area contributed by atoms with Crippen LogP contribution in [0.25, 0.3) is 11.4 Å². The van der Waals surface area contributed by atoms with Crippen molar-refractivity contribution in [3.63, 3.8) is 0 Å². The van der Waals surface area contributed by atoms with Crippen LogP contribution in [0, 0.1) is 12.7 Å². The zero-order valence-corrected chi connectivity index (χ0v) is 18.6. The van der Waals surface area contributed by atoms with Gasteiger partial charge in [-0.3, -0.25) is 4.79 Å². The molecule has 0 fully saturated rings. The normalized spacial score (nSPS) is 12.0. The molecule has 1 unspecified atom stereocenters. The second-order valence-electron chi connectivity index (χ2n) is 7.41. The maximum Gasteiger partial charge on any atom is 0.235 e. The Morgan fingerprint density at radius 1 is 1.20 bits per heavy atom. The van der Waals surface area contributed by atoms with Gasteiger partial charge in [0.05, 0.1) is 5.25 Å². The molecule has 1 atom stereocenters. The lowest BCUT2D eigenvalue weighted by Crippen LogP contribution is -2.33. The molecule has 5 nitrogen and oxygen atoms in total. The fourth-order valence-electron chi connectivity index (χ4n) is 3.30. The Morgan fingerprint density at radius 2 is 1.97 bits per heavy atom. The average Bonchev–Trinajstić information content (AvgIpc) is 3.10. The summed E-state index contributed by atoms with van der Waals surface area (Å²) in [4.78, 5) is 14.5. The largest absolute Gasteiger partial charge is 0.340 e. The van der Waals surface area contributed by atoms with Crippen LogP contribution < -0.4 is 0 Å². The molecule has 0 aliphatic rings. The standard InChI is InChI=1S/C23H27FN4OS/c1-5-12-28-21(19-10-6-8-16(2)13-19)25-26-23(28)30-17(3)22(29)27(4)15-18-9-7-11-20(24)14-18/h6-11,13-14,17H,5,12,15H2,1-4H3. The van der Waals surface area contributed by atoms with Crippen molar-refractivity contribution in [3.05, 3.63) is 65.5 Å². The van der Waals surface area contributed by atoms with Gasteiger partial charge in [0.25, 0.3) is 0 Å². The van der Waals surface area contributed by atoms with E-state index in [1.165, 1.54) is 23.9 Å². The van der Waals surface area contributed by atoms with Gasteiger partial charge in [0.1, 0.15) is 5.82 Å². The molecule has 0 N–H and O–H groups in total. The Balaban J connectivity index is 1.75. The molecule has 0 spiro atoms. The zero-order valence-electron chi connectivity index (χ0n) is 17.8.